The highest BCUT2D eigenvalue weighted by Crippen LogP contribution is 2.44. The van der Waals surface area contributed by atoms with E-state index in [0.29, 0.717) is 17.8 Å². The average Bonchev–Trinajstić information content (AvgIpc) is 3.49. The van der Waals surface area contributed by atoms with Gasteiger partial charge in [-0.2, -0.15) is 0 Å². The SMILES string of the molecule is Cc1cn(C2CC(c3ccc(-c4ccc(C#C[C@@H](CO)n5ccnc5[C@H](C)O)cc4)cc3)C2)cn1. The van der Waals surface area contributed by atoms with Gasteiger partial charge in [-0.3, -0.25) is 0 Å². The minimum Gasteiger partial charge on any atom is -0.393 e. The molecular formula is C29H30N4O2. The number of aliphatic hydroxyl groups excluding tert-OH is 2. The predicted octanol–water partition coefficient (Wildman–Crippen LogP) is 4.81. The van der Waals surface area contributed by atoms with Gasteiger partial charge in [-0.15, -0.1) is 0 Å². The highest BCUT2D eigenvalue weighted by molar-refractivity contribution is 5.64. The van der Waals surface area contributed by atoms with Crippen molar-refractivity contribution in [2.75, 3.05) is 6.61 Å². The van der Waals surface area contributed by atoms with E-state index in [1.807, 2.05) is 25.4 Å². The number of aromatic nitrogens is 4. The molecule has 0 saturated heterocycles. The Morgan fingerprint density at radius 2 is 1.71 bits per heavy atom. The standard InChI is InChI=1S/C29H30N4O2/c1-20-17-32(19-31-20)28-15-26(16-28)25-10-8-24(9-11-25)23-6-3-22(4-7-23)5-12-27(18-34)33-14-13-30-29(33)21(2)35/h3-4,6-11,13-14,17,19,21,26-28,34-35H,15-16,18H2,1-2H3/t21-,26?,27-,28?/m0/s1. The Balaban J connectivity index is 1.23. The molecule has 6 nitrogen and oxygen atoms in total. The molecule has 5 rings (SSSR count). The number of hydrogen-bond acceptors (Lipinski definition) is 4. The van der Waals surface area contributed by atoms with Crippen LogP contribution >= 0.6 is 0 Å². The molecule has 0 unspecified atom stereocenters. The first-order valence-corrected chi connectivity index (χ1v) is 12.1. The van der Waals surface area contributed by atoms with Gasteiger partial charge in [0, 0.05) is 30.2 Å². The summed E-state index contributed by atoms with van der Waals surface area (Å²) in [6, 6.07) is 17.1. The van der Waals surface area contributed by atoms with E-state index in [1.54, 1.807) is 23.9 Å². The Kier molecular flexibility index (Phi) is 6.54. The molecule has 1 aliphatic carbocycles. The Morgan fingerprint density at radius 1 is 1.03 bits per heavy atom. The molecular weight excluding hydrogens is 436 g/mol. The summed E-state index contributed by atoms with van der Waals surface area (Å²) in [6.07, 6.45) is 9.01. The summed E-state index contributed by atoms with van der Waals surface area (Å²) in [5.41, 5.74) is 5.68. The maximum atomic E-state index is 9.87. The largest absolute Gasteiger partial charge is 0.393 e. The fourth-order valence-corrected chi connectivity index (χ4v) is 4.72. The van der Waals surface area contributed by atoms with Gasteiger partial charge in [0.25, 0.3) is 0 Å². The average molecular weight is 467 g/mol. The maximum absolute atomic E-state index is 9.87. The number of rotatable bonds is 6. The molecule has 0 bridgehead atoms. The molecule has 0 spiro atoms. The van der Waals surface area contributed by atoms with Crippen molar-refractivity contribution in [3.05, 3.63) is 96.1 Å². The van der Waals surface area contributed by atoms with Gasteiger partial charge in [0.05, 0.1) is 18.6 Å². The lowest BCUT2D eigenvalue weighted by atomic mass is 9.75. The zero-order valence-electron chi connectivity index (χ0n) is 20.0. The first-order chi connectivity index (χ1) is 17.0. The second-order valence-corrected chi connectivity index (χ2v) is 9.32. The number of hydrogen-bond donors (Lipinski definition) is 2. The van der Waals surface area contributed by atoms with Gasteiger partial charge in [-0.1, -0.05) is 48.2 Å². The summed E-state index contributed by atoms with van der Waals surface area (Å²) >= 11 is 0. The van der Waals surface area contributed by atoms with Crippen LogP contribution in [0.3, 0.4) is 0 Å². The van der Waals surface area contributed by atoms with Crippen LogP contribution in [0.25, 0.3) is 11.1 Å². The molecule has 6 heteroatoms. The first-order valence-electron chi connectivity index (χ1n) is 12.1. The summed E-state index contributed by atoms with van der Waals surface area (Å²) in [6.45, 7) is 3.53. The van der Waals surface area contributed by atoms with Gasteiger partial charge in [-0.05, 0) is 61.4 Å². The quantitative estimate of drug-likeness (QED) is 0.400. The van der Waals surface area contributed by atoms with Crippen molar-refractivity contribution < 1.29 is 10.2 Å². The number of nitrogens with zero attached hydrogens (tertiary/aromatic N) is 4. The monoisotopic (exact) mass is 466 g/mol. The smallest absolute Gasteiger partial charge is 0.138 e. The van der Waals surface area contributed by atoms with Crippen molar-refractivity contribution in [3.63, 3.8) is 0 Å². The van der Waals surface area contributed by atoms with Gasteiger partial charge in [0.1, 0.15) is 18.0 Å². The predicted molar refractivity (Wildman–Crippen MR) is 136 cm³/mol. The normalized spacial score (nSPS) is 18.9. The third-order valence-electron chi connectivity index (χ3n) is 6.83. The van der Waals surface area contributed by atoms with Crippen molar-refractivity contribution in [2.45, 2.75) is 50.8 Å². The van der Waals surface area contributed by atoms with Gasteiger partial charge < -0.3 is 19.3 Å². The molecule has 2 atom stereocenters. The van der Waals surface area contributed by atoms with Gasteiger partial charge >= 0.3 is 0 Å². The minimum atomic E-state index is -0.724. The molecule has 35 heavy (non-hydrogen) atoms. The third kappa shape index (κ3) is 4.93. The Hall–Kier alpha value is -3.66. The van der Waals surface area contributed by atoms with Gasteiger partial charge in [0.2, 0.25) is 0 Å². The summed E-state index contributed by atoms with van der Waals surface area (Å²) in [4.78, 5) is 8.50. The molecule has 2 aromatic heterocycles. The van der Waals surface area contributed by atoms with Crippen LogP contribution in [0, 0.1) is 18.8 Å². The van der Waals surface area contributed by atoms with E-state index >= 15 is 0 Å². The van der Waals surface area contributed by atoms with Crippen LogP contribution in [0.1, 0.15) is 66.5 Å². The third-order valence-corrected chi connectivity index (χ3v) is 6.83. The van der Waals surface area contributed by atoms with Crippen LogP contribution in [0.5, 0.6) is 0 Å². The van der Waals surface area contributed by atoms with E-state index in [2.05, 4.69) is 69.0 Å². The van der Waals surface area contributed by atoms with Crippen LogP contribution in [0.4, 0.5) is 0 Å². The van der Waals surface area contributed by atoms with Crippen molar-refractivity contribution in [3.8, 4) is 23.0 Å². The zero-order valence-corrected chi connectivity index (χ0v) is 20.0. The van der Waals surface area contributed by atoms with E-state index in [4.69, 9.17) is 0 Å². The lowest BCUT2D eigenvalue weighted by Gasteiger charge is -2.36. The van der Waals surface area contributed by atoms with Crippen LogP contribution in [0.2, 0.25) is 0 Å². The molecule has 1 aliphatic rings. The van der Waals surface area contributed by atoms with Crippen molar-refractivity contribution >= 4 is 0 Å². The number of imidazole rings is 2. The van der Waals surface area contributed by atoms with E-state index < -0.39 is 12.1 Å². The van der Waals surface area contributed by atoms with Crippen LogP contribution in [-0.4, -0.2) is 35.9 Å². The van der Waals surface area contributed by atoms with E-state index in [1.165, 1.54) is 11.1 Å². The Morgan fingerprint density at radius 3 is 2.31 bits per heavy atom. The molecule has 1 saturated carbocycles. The first kappa shape index (κ1) is 23.1. The molecule has 2 N–H and O–H groups in total. The van der Waals surface area contributed by atoms with Crippen LogP contribution < -0.4 is 0 Å². The molecule has 4 aromatic rings. The van der Waals surface area contributed by atoms with Gasteiger partial charge in [0.15, 0.2) is 0 Å². The van der Waals surface area contributed by atoms with E-state index in [9.17, 15) is 10.2 Å². The fraction of sp³-hybridized carbons (Fsp3) is 0.310. The van der Waals surface area contributed by atoms with E-state index in [0.717, 1.165) is 29.7 Å². The number of aliphatic hydroxyl groups is 2. The maximum Gasteiger partial charge on any atom is 0.138 e. The Labute approximate surface area is 205 Å². The molecule has 178 valence electrons. The number of benzene rings is 2. The zero-order chi connectivity index (χ0) is 24.4. The van der Waals surface area contributed by atoms with Crippen molar-refractivity contribution in [1.29, 1.82) is 0 Å². The second kappa shape index (κ2) is 9.91. The molecule has 0 amide bonds. The highest BCUT2D eigenvalue weighted by Gasteiger charge is 2.31. The van der Waals surface area contributed by atoms with Crippen molar-refractivity contribution in [1.82, 2.24) is 19.1 Å². The topological polar surface area (TPSA) is 76.1 Å². The molecule has 2 heterocycles. The molecule has 0 radical (unpaired) electrons. The summed E-state index contributed by atoms with van der Waals surface area (Å²) < 4.78 is 3.96. The van der Waals surface area contributed by atoms with Crippen molar-refractivity contribution in [2.24, 2.45) is 0 Å². The summed E-state index contributed by atoms with van der Waals surface area (Å²) in [7, 11) is 0. The number of aryl methyl sites for hydroxylation is 1. The Bertz CT molecular complexity index is 1330. The second-order valence-electron chi connectivity index (χ2n) is 9.32. The van der Waals surface area contributed by atoms with Crippen LogP contribution in [-0.2, 0) is 0 Å². The van der Waals surface area contributed by atoms with E-state index in [-0.39, 0.29) is 6.61 Å². The lowest BCUT2D eigenvalue weighted by molar-refractivity contribution is 0.176. The summed E-state index contributed by atoms with van der Waals surface area (Å²) in [5, 5.41) is 19.7. The molecule has 0 aliphatic heterocycles. The lowest BCUT2D eigenvalue weighted by Crippen LogP contribution is -2.24. The molecule has 2 aromatic carbocycles. The summed E-state index contributed by atoms with van der Waals surface area (Å²) in [5.74, 6) is 7.34. The van der Waals surface area contributed by atoms with Gasteiger partial charge in [-0.25, -0.2) is 9.97 Å². The fourth-order valence-electron chi connectivity index (χ4n) is 4.72. The molecule has 1 fully saturated rings. The van der Waals surface area contributed by atoms with Crippen LogP contribution in [0.15, 0.2) is 73.4 Å². The highest BCUT2D eigenvalue weighted by atomic mass is 16.3. The minimum absolute atomic E-state index is 0.156.